The highest BCUT2D eigenvalue weighted by molar-refractivity contribution is 5.70. The van der Waals surface area contributed by atoms with Gasteiger partial charge in [0, 0.05) is 6.42 Å². The molecule has 0 saturated carbocycles. The molecule has 0 aliphatic rings. The van der Waals surface area contributed by atoms with Gasteiger partial charge in [0.25, 0.3) is 0 Å². The molecule has 0 aliphatic heterocycles. The molecule has 0 bridgehead atoms. The summed E-state index contributed by atoms with van der Waals surface area (Å²) in [6, 6.07) is 0. The van der Waals surface area contributed by atoms with Gasteiger partial charge in [-0.25, -0.2) is 0 Å². The lowest BCUT2D eigenvalue weighted by Gasteiger charge is -2.19. The van der Waals surface area contributed by atoms with Gasteiger partial charge in [0.05, 0.1) is 59.3 Å². The van der Waals surface area contributed by atoms with Crippen molar-refractivity contribution in [2.24, 2.45) is 0 Å². The minimum Gasteiger partial charge on any atom is -0.463 e. The molecule has 8 nitrogen and oxygen atoms in total. The number of carbonyl (C=O) groups excluding carboxylic acids is 2. The Labute approximate surface area is 201 Å². The van der Waals surface area contributed by atoms with Crippen LogP contribution in [0.1, 0.15) is 85.5 Å². The summed E-state index contributed by atoms with van der Waals surface area (Å²) in [5.41, 5.74) is -0.468. The van der Waals surface area contributed by atoms with Gasteiger partial charge in [0.2, 0.25) is 0 Å². The van der Waals surface area contributed by atoms with Crippen LogP contribution in [0, 0.1) is 0 Å². The third-order valence-electron chi connectivity index (χ3n) is 4.46. The lowest BCUT2D eigenvalue weighted by Crippen LogP contribution is -2.24. The van der Waals surface area contributed by atoms with Gasteiger partial charge >= 0.3 is 11.9 Å². The SMILES string of the molecule is CCCCCCCCCC(=O)OCCOCCOCCOCCOCCC(=O)OC(C)(C)C. The van der Waals surface area contributed by atoms with E-state index in [-0.39, 0.29) is 25.0 Å². The molecule has 0 amide bonds. The average molecular weight is 477 g/mol. The fourth-order valence-electron chi connectivity index (χ4n) is 2.82. The van der Waals surface area contributed by atoms with Crippen molar-refractivity contribution in [3.63, 3.8) is 0 Å². The van der Waals surface area contributed by atoms with Crippen molar-refractivity contribution in [2.45, 2.75) is 91.1 Å². The zero-order valence-corrected chi connectivity index (χ0v) is 21.5. The van der Waals surface area contributed by atoms with E-state index in [1.165, 1.54) is 32.1 Å². The third-order valence-corrected chi connectivity index (χ3v) is 4.46. The summed E-state index contributed by atoms with van der Waals surface area (Å²) < 4.78 is 31.9. The van der Waals surface area contributed by atoms with Crippen LogP contribution in [0.15, 0.2) is 0 Å². The first-order valence-corrected chi connectivity index (χ1v) is 12.5. The molecule has 0 aliphatic carbocycles. The Kier molecular flexibility index (Phi) is 21.7. The summed E-state index contributed by atoms with van der Waals surface area (Å²) in [6.45, 7) is 11.4. The summed E-state index contributed by atoms with van der Waals surface area (Å²) in [7, 11) is 0. The number of unbranched alkanes of at least 4 members (excludes halogenated alkanes) is 6. The van der Waals surface area contributed by atoms with Crippen LogP contribution in [0.25, 0.3) is 0 Å². The van der Waals surface area contributed by atoms with Crippen molar-refractivity contribution in [1.29, 1.82) is 0 Å². The maximum absolute atomic E-state index is 11.6. The molecule has 0 unspecified atom stereocenters. The Balaban J connectivity index is 3.22. The van der Waals surface area contributed by atoms with Crippen molar-refractivity contribution in [3.05, 3.63) is 0 Å². The first-order chi connectivity index (χ1) is 15.8. The van der Waals surface area contributed by atoms with E-state index in [0.29, 0.717) is 59.3 Å². The van der Waals surface area contributed by atoms with E-state index < -0.39 is 5.60 Å². The predicted molar refractivity (Wildman–Crippen MR) is 127 cm³/mol. The van der Waals surface area contributed by atoms with Gasteiger partial charge < -0.3 is 28.4 Å². The molecular formula is C25H48O8. The molecule has 0 rings (SSSR count). The number of hydrogen-bond donors (Lipinski definition) is 0. The molecule has 0 spiro atoms. The molecule has 0 aromatic rings. The first-order valence-electron chi connectivity index (χ1n) is 12.5. The Morgan fingerprint density at radius 1 is 0.545 bits per heavy atom. The molecule has 0 radical (unpaired) electrons. The highest BCUT2D eigenvalue weighted by Crippen LogP contribution is 2.09. The van der Waals surface area contributed by atoms with Crippen LogP contribution in [-0.2, 0) is 38.0 Å². The molecule has 33 heavy (non-hydrogen) atoms. The second-order valence-corrected chi connectivity index (χ2v) is 8.88. The Morgan fingerprint density at radius 3 is 1.52 bits per heavy atom. The minimum atomic E-state index is -0.468. The molecule has 0 N–H and O–H groups in total. The molecule has 0 saturated heterocycles. The average Bonchev–Trinajstić information content (AvgIpc) is 2.74. The van der Waals surface area contributed by atoms with Crippen molar-refractivity contribution >= 4 is 11.9 Å². The van der Waals surface area contributed by atoms with Crippen LogP contribution in [-0.4, -0.2) is 77.0 Å². The second-order valence-electron chi connectivity index (χ2n) is 8.88. The summed E-state index contributed by atoms with van der Waals surface area (Å²) >= 11 is 0. The van der Waals surface area contributed by atoms with Crippen molar-refractivity contribution < 1.29 is 38.0 Å². The van der Waals surface area contributed by atoms with Gasteiger partial charge in [0.15, 0.2) is 0 Å². The van der Waals surface area contributed by atoms with Gasteiger partial charge in [-0.3, -0.25) is 9.59 Å². The van der Waals surface area contributed by atoms with E-state index in [2.05, 4.69) is 6.92 Å². The quantitative estimate of drug-likeness (QED) is 0.158. The second kappa shape index (κ2) is 22.6. The van der Waals surface area contributed by atoms with Crippen molar-refractivity contribution in [2.75, 3.05) is 59.5 Å². The minimum absolute atomic E-state index is 0.144. The van der Waals surface area contributed by atoms with Gasteiger partial charge in [-0.05, 0) is 27.2 Å². The summed E-state index contributed by atoms with van der Waals surface area (Å²) in [4.78, 5) is 23.1. The van der Waals surface area contributed by atoms with E-state index in [1.54, 1.807) is 0 Å². The fourth-order valence-corrected chi connectivity index (χ4v) is 2.82. The van der Waals surface area contributed by atoms with Gasteiger partial charge in [0.1, 0.15) is 12.2 Å². The van der Waals surface area contributed by atoms with Crippen LogP contribution >= 0.6 is 0 Å². The topological polar surface area (TPSA) is 89.5 Å². The molecule has 196 valence electrons. The number of carbonyl (C=O) groups is 2. The number of hydrogen-bond acceptors (Lipinski definition) is 8. The number of esters is 2. The Hall–Kier alpha value is -1.22. The third kappa shape index (κ3) is 26.9. The number of rotatable bonds is 23. The highest BCUT2D eigenvalue weighted by atomic mass is 16.6. The van der Waals surface area contributed by atoms with Crippen molar-refractivity contribution in [1.82, 2.24) is 0 Å². The molecule has 0 heterocycles. The van der Waals surface area contributed by atoms with Crippen LogP contribution in [0.5, 0.6) is 0 Å². The number of ether oxygens (including phenoxy) is 6. The fraction of sp³-hybridized carbons (Fsp3) is 0.920. The predicted octanol–water partition coefficient (Wildman–Crippen LogP) is 4.47. The maximum atomic E-state index is 11.6. The van der Waals surface area contributed by atoms with Gasteiger partial charge in [-0.15, -0.1) is 0 Å². The van der Waals surface area contributed by atoms with E-state index in [9.17, 15) is 9.59 Å². The largest absolute Gasteiger partial charge is 0.463 e. The zero-order chi connectivity index (χ0) is 24.6. The summed E-state index contributed by atoms with van der Waals surface area (Å²) in [5.74, 6) is -0.407. The molecular weight excluding hydrogens is 428 g/mol. The lowest BCUT2D eigenvalue weighted by molar-refractivity contribution is -0.156. The first kappa shape index (κ1) is 31.8. The normalized spacial score (nSPS) is 11.5. The molecule has 0 atom stereocenters. The van der Waals surface area contributed by atoms with E-state index in [0.717, 1.165) is 12.8 Å². The Morgan fingerprint density at radius 2 is 1.00 bits per heavy atom. The van der Waals surface area contributed by atoms with Crippen LogP contribution in [0.2, 0.25) is 0 Å². The molecule has 8 heteroatoms. The molecule has 0 aromatic carbocycles. The van der Waals surface area contributed by atoms with Crippen molar-refractivity contribution in [3.8, 4) is 0 Å². The maximum Gasteiger partial charge on any atom is 0.308 e. The highest BCUT2D eigenvalue weighted by Gasteiger charge is 2.15. The molecule has 0 fully saturated rings. The summed E-state index contributed by atoms with van der Waals surface area (Å²) in [5, 5.41) is 0. The summed E-state index contributed by atoms with van der Waals surface area (Å²) in [6.07, 6.45) is 9.04. The zero-order valence-electron chi connectivity index (χ0n) is 21.5. The van der Waals surface area contributed by atoms with Gasteiger partial charge in [-0.1, -0.05) is 45.4 Å². The van der Waals surface area contributed by atoms with E-state index in [4.69, 9.17) is 28.4 Å². The van der Waals surface area contributed by atoms with E-state index in [1.807, 2.05) is 20.8 Å². The Bertz CT molecular complexity index is 462. The molecule has 0 aromatic heterocycles. The van der Waals surface area contributed by atoms with Gasteiger partial charge in [-0.2, -0.15) is 0 Å². The van der Waals surface area contributed by atoms with E-state index >= 15 is 0 Å². The van der Waals surface area contributed by atoms with Crippen LogP contribution in [0.4, 0.5) is 0 Å². The standard InChI is InChI=1S/C25H48O8/c1-5-6-7-8-9-10-11-12-23(26)32-22-21-31-20-19-30-18-17-29-16-15-28-14-13-24(27)33-25(2,3)4/h5-22H2,1-4H3. The van der Waals surface area contributed by atoms with Crippen LogP contribution in [0.3, 0.4) is 0 Å². The smallest absolute Gasteiger partial charge is 0.308 e. The monoisotopic (exact) mass is 476 g/mol. The lowest BCUT2D eigenvalue weighted by atomic mass is 10.1. The van der Waals surface area contributed by atoms with Crippen LogP contribution < -0.4 is 0 Å².